The van der Waals surface area contributed by atoms with Gasteiger partial charge in [-0.15, -0.1) is 0 Å². The minimum absolute atomic E-state index is 0.137. The van der Waals surface area contributed by atoms with Gasteiger partial charge in [-0.3, -0.25) is 9.69 Å². The van der Waals surface area contributed by atoms with Crippen LogP contribution in [-0.2, 0) is 0 Å². The summed E-state index contributed by atoms with van der Waals surface area (Å²) in [6, 6.07) is 1.86. The number of Topliss-reactive ketones (excluding diaryl/α,β-unsaturated/α-hetero) is 1. The SMILES string of the molecule is Cc1ccnc(N)c1C(=O)C1(N(C)C)CCC(C)CC1. The lowest BCUT2D eigenvalue weighted by atomic mass is 9.72. The van der Waals surface area contributed by atoms with Gasteiger partial charge >= 0.3 is 0 Å². The molecule has 20 heavy (non-hydrogen) atoms. The summed E-state index contributed by atoms with van der Waals surface area (Å²) in [6.45, 7) is 4.19. The van der Waals surface area contributed by atoms with Crippen LogP contribution in [-0.4, -0.2) is 35.3 Å². The molecular weight excluding hydrogens is 250 g/mol. The summed E-state index contributed by atoms with van der Waals surface area (Å²) in [5, 5.41) is 0. The second kappa shape index (κ2) is 5.52. The number of anilines is 1. The van der Waals surface area contributed by atoms with Crippen molar-refractivity contribution >= 4 is 11.6 Å². The number of rotatable bonds is 3. The van der Waals surface area contributed by atoms with E-state index in [2.05, 4.69) is 16.8 Å². The molecule has 0 saturated heterocycles. The quantitative estimate of drug-likeness (QED) is 0.862. The average molecular weight is 275 g/mol. The number of ketones is 1. The summed E-state index contributed by atoms with van der Waals surface area (Å²) in [5.74, 6) is 1.19. The summed E-state index contributed by atoms with van der Waals surface area (Å²) in [5.41, 5.74) is 7.07. The summed E-state index contributed by atoms with van der Waals surface area (Å²) in [7, 11) is 3.99. The zero-order chi connectivity index (χ0) is 14.9. The fourth-order valence-electron chi connectivity index (χ4n) is 3.22. The van der Waals surface area contributed by atoms with Crippen molar-refractivity contribution in [1.82, 2.24) is 9.88 Å². The first-order valence-corrected chi connectivity index (χ1v) is 7.32. The molecule has 0 aromatic carbocycles. The van der Waals surface area contributed by atoms with E-state index in [0.717, 1.165) is 31.2 Å². The number of aryl methyl sites for hydroxylation is 1. The molecule has 2 rings (SSSR count). The van der Waals surface area contributed by atoms with Crippen LogP contribution in [0.1, 0.15) is 48.5 Å². The summed E-state index contributed by atoms with van der Waals surface area (Å²) in [4.78, 5) is 19.3. The zero-order valence-corrected chi connectivity index (χ0v) is 12.9. The molecule has 1 fully saturated rings. The third-order valence-corrected chi connectivity index (χ3v) is 4.80. The largest absolute Gasteiger partial charge is 0.383 e. The molecule has 0 atom stereocenters. The lowest BCUT2D eigenvalue weighted by molar-refractivity contribution is 0.0513. The van der Waals surface area contributed by atoms with Crippen molar-refractivity contribution < 1.29 is 4.79 Å². The van der Waals surface area contributed by atoms with Crippen molar-refractivity contribution in [2.24, 2.45) is 5.92 Å². The normalized spacial score (nSPS) is 26.8. The second-order valence-corrected chi connectivity index (χ2v) is 6.33. The standard InChI is InChI=1S/C16H25N3O/c1-11-5-8-16(9-6-11,19(3)4)14(20)13-12(2)7-10-18-15(13)17/h7,10-11H,5-6,8-9H2,1-4H3,(H2,17,18). The molecule has 1 aliphatic carbocycles. The van der Waals surface area contributed by atoms with Crippen LogP contribution < -0.4 is 5.73 Å². The van der Waals surface area contributed by atoms with E-state index in [0.29, 0.717) is 17.3 Å². The molecule has 1 aliphatic rings. The number of nitrogen functional groups attached to an aromatic ring is 1. The maximum Gasteiger partial charge on any atom is 0.187 e. The molecule has 0 radical (unpaired) electrons. The highest BCUT2D eigenvalue weighted by Gasteiger charge is 2.44. The Labute approximate surface area is 121 Å². The topological polar surface area (TPSA) is 59.2 Å². The van der Waals surface area contributed by atoms with Gasteiger partial charge in [0.15, 0.2) is 5.78 Å². The number of likely N-dealkylation sites (N-methyl/N-ethyl adjacent to an activating group) is 1. The first kappa shape index (κ1) is 15.0. The number of carbonyl (C=O) groups is 1. The van der Waals surface area contributed by atoms with Gasteiger partial charge < -0.3 is 5.73 Å². The Morgan fingerprint density at radius 3 is 2.50 bits per heavy atom. The van der Waals surface area contributed by atoms with E-state index in [4.69, 9.17) is 5.73 Å². The maximum absolute atomic E-state index is 13.1. The molecule has 110 valence electrons. The van der Waals surface area contributed by atoms with Crippen molar-refractivity contribution in [3.05, 3.63) is 23.4 Å². The Hall–Kier alpha value is -1.42. The van der Waals surface area contributed by atoms with Gasteiger partial charge in [-0.2, -0.15) is 0 Å². The van der Waals surface area contributed by atoms with Crippen molar-refractivity contribution in [3.8, 4) is 0 Å². The van der Waals surface area contributed by atoms with Gasteiger partial charge in [0.25, 0.3) is 0 Å². The first-order valence-electron chi connectivity index (χ1n) is 7.32. The van der Waals surface area contributed by atoms with Crippen LogP contribution >= 0.6 is 0 Å². The number of hydrogen-bond donors (Lipinski definition) is 1. The predicted molar refractivity (Wildman–Crippen MR) is 81.8 cm³/mol. The number of carbonyl (C=O) groups excluding carboxylic acids is 1. The molecule has 0 amide bonds. The molecule has 1 heterocycles. The number of nitrogens with two attached hydrogens (primary N) is 1. The minimum atomic E-state index is -0.422. The van der Waals surface area contributed by atoms with Crippen molar-refractivity contribution in [2.75, 3.05) is 19.8 Å². The van der Waals surface area contributed by atoms with E-state index >= 15 is 0 Å². The Balaban J connectivity index is 2.43. The van der Waals surface area contributed by atoms with Crippen LogP contribution in [0, 0.1) is 12.8 Å². The Kier molecular flexibility index (Phi) is 4.14. The maximum atomic E-state index is 13.1. The summed E-state index contributed by atoms with van der Waals surface area (Å²) >= 11 is 0. The molecule has 1 aromatic rings. The van der Waals surface area contributed by atoms with Crippen LogP contribution in [0.15, 0.2) is 12.3 Å². The van der Waals surface area contributed by atoms with Crippen LogP contribution in [0.3, 0.4) is 0 Å². The number of nitrogens with zero attached hydrogens (tertiary/aromatic N) is 2. The molecule has 2 N–H and O–H groups in total. The lowest BCUT2D eigenvalue weighted by Crippen LogP contribution is -2.53. The molecule has 1 aromatic heterocycles. The predicted octanol–water partition coefficient (Wildman–Crippen LogP) is 2.67. The number of pyridine rings is 1. The highest BCUT2D eigenvalue weighted by molar-refractivity contribution is 6.07. The number of aromatic nitrogens is 1. The van der Waals surface area contributed by atoms with E-state index < -0.39 is 5.54 Å². The fraction of sp³-hybridized carbons (Fsp3) is 0.625. The molecule has 4 heteroatoms. The molecular formula is C16H25N3O. The smallest absolute Gasteiger partial charge is 0.187 e. The molecule has 0 aliphatic heterocycles. The van der Waals surface area contributed by atoms with Crippen molar-refractivity contribution in [2.45, 2.75) is 45.1 Å². The van der Waals surface area contributed by atoms with E-state index in [1.165, 1.54) is 0 Å². The zero-order valence-electron chi connectivity index (χ0n) is 12.9. The highest BCUT2D eigenvalue weighted by atomic mass is 16.1. The summed E-state index contributed by atoms with van der Waals surface area (Å²) in [6.07, 6.45) is 5.63. The Morgan fingerprint density at radius 2 is 2.00 bits per heavy atom. The van der Waals surface area contributed by atoms with Crippen molar-refractivity contribution in [1.29, 1.82) is 0 Å². The summed E-state index contributed by atoms with van der Waals surface area (Å²) < 4.78 is 0. The molecule has 0 bridgehead atoms. The van der Waals surface area contributed by atoms with Crippen LogP contribution in [0.5, 0.6) is 0 Å². The first-order chi connectivity index (χ1) is 9.38. The molecule has 0 spiro atoms. The molecule has 4 nitrogen and oxygen atoms in total. The Morgan fingerprint density at radius 1 is 1.40 bits per heavy atom. The van der Waals surface area contributed by atoms with Gasteiger partial charge in [-0.1, -0.05) is 6.92 Å². The third kappa shape index (κ3) is 2.44. The van der Waals surface area contributed by atoms with Crippen LogP contribution in [0.2, 0.25) is 0 Å². The fourth-order valence-corrected chi connectivity index (χ4v) is 3.22. The van der Waals surface area contributed by atoms with Gasteiger partial charge in [-0.05, 0) is 64.3 Å². The second-order valence-electron chi connectivity index (χ2n) is 6.33. The lowest BCUT2D eigenvalue weighted by Gasteiger charge is -2.43. The van der Waals surface area contributed by atoms with Gasteiger partial charge in [0.1, 0.15) is 5.82 Å². The van der Waals surface area contributed by atoms with Crippen LogP contribution in [0.25, 0.3) is 0 Å². The molecule has 1 saturated carbocycles. The van der Waals surface area contributed by atoms with E-state index in [9.17, 15) is 4.79 Å². The van der Waals surface area contributed by atoms with Gasteiger partial charge in [-0.25, -0.2) is 4.98 Å². The van der Waals surface area contributed by atoms with E-state index in [1.54, 1.807) is 6.20 Å². The monoisotopic (exact) mass is 275 g/mol. The van der Waals surface area contributed by atoms with Crippen LogP contribution in [0.4, 0.5) is 5.82 Å². The van der Waals surface area contributed by atoms with E-state index in [-0.39, 0.29) is 5.78 Å². The average Bonchev–Trinajstić information content (AvgIpc) is 2.39. The van der Waals surface area contributed by atoms with Gasteiger partial charge in [0, 0.05) is 6.20 Å². The van der Waals surface area contributed by atoms with Gasteiger partial charge in [0.05, 0.1) is 11.1 Å². The minimum Gasteiger partial charge on any atom is -0.383 e. The van der Waals surface area contributed by atoms with Gasteiger partial charge in [0.2, 0.25) is 0 Å². The number of hydrogen-bond acceptors (Lipinski definition) is 4. The Bertz CT molecular complexity index is 482. The highest BCUT2D eigenvalue weighted by Crippen LogP contribution is 2.38. The molecule has 0 unspecified atom stereocenters. The van der Waals surface area contributed by atoms with Crippen molar-refractivity contribution in [3.63, 3.8) is 0 Å². The van der Waals surface area contributed by atoms with E-state index in [1.807, 2.05) is 27.1 Å². The third-order valence-electron chi connectivity index (χ3n) is 4.80.